The first-order valence-corrected chi connectivity index (χ1v) is 7.23. The molecule has 1 saturated heterocycles. The molecular formula is C14H24N4O3. The molecule has 1 fully saturated rings. The highest BCUT2D eigenvalue weighted by Crippen LogP contribution is 2.18. The Balaban J connectivity index is 1.85. The Hall–Kier alpha value is -1.47. The van der Waals surface area contributed by atoms with Gasteiger partial charge in [-0.05, 0) is 7.05 Å². The largest absolute Gasteiger partial charge is 0.378 e. The van der Waals surface area contributed by atoms with Crippen molar-refractivity contribution in [2.45, 2.75) is 32.7 Å². The number of rotatable bonds is 4. The number of hydrogen-bond donors (Lipinski definition) is 0. The van der Waals surface area contributed by atoms with Crippen LogP contribution in [0, 0.1) is 0 Å². The van der Waals surface area contributed by atoms with Gasteiger partial charge in [-0.15, -0.1) is 0 Å². The minimum atomic E-state index is -0.135. The van der Waals surface area contributed by atoms with Crippen LogP contribution in [0.2, 0.25) is 0 Å². The minimum absolute atomic E-state index is 0.108. The van der Waals surface area contributed by atoms with Crippen molar-refractivity contribution in [2.75, 3.05) is 39.9 Å². The Morgan fingerprint density at radius 2 is 2.00 bits per heavy atom. The van der Waals surface area contributed by atoms with E-state index >= 15 is 0 Å². The van der Waals surface area contributed by atoms with Crippen LogP contribution in [0.1, 0.15) is 32.5 Å². The Bertz CT molecular complexity index is 475. The average Bonchev–Trinajstić information content (AvgIpc) is 2.88. The molecule has 1 aliphatic rings. The molecule has 2 rings (SSSR count). The molecule has 0 spiro atoms. The SMILES string of the molecule is CN(CC(=O)N1CCOCC1)Cc1nc(C(C)(C)C)no1. The van der Waals surface area contributed by atoms with Crippen molar-refractivity contribution >= 4 is 5.91 Å². The normalized spacial score (nSPS) is 16.5. The Morgan fingerprint density at radius 3 is 2.57 bits per heavy atom. The molecule has 21 heavy (non-hydrogen) atoms. The van der Waals surface area contributed by atoms with Crippen molar-refractivity contribution in [3.63, 3.8) is 0 Å². The lowest BCUT2D eigenvalue weighted by Crippen LogP contribution is -2.44. The van der Waals surface area contributed by atoms with Crippen LogP contribution in [0.25, 0.3) is 0 Å². The number of morpholine rings is 1. The van der Waals surface area contributed by atoms with E-state index in [2.05, 4.69) is 10.1 Å². The van der Waals surface area contributed by atoms with Gasteiger partial charge >= 0.3 is 0 Å². The lowest BCUT2D eigenvalue weighted by Gasteiger charge is -2.28. The second-order valence-electron chi connectivity index (χ2n) is 6.43. The van der Waals surface area contributed by atoms with E-state index < -0.39 is 0 Å². The molecular weight excluding hydrogens is 272 g/mol. The summed E-state index contributed by atoms with van der Waals surface area (Å²) in [6, 6.07) is 0. The van der Waals surface area contributed by atoms with Crippen LogP contribution in [0.4, 0.5) is 0 Å². The predicted octanol–water partition coefficient (Wildman–Crippen LogP) is 0.658. The molecule has 0 atom stereocenters. The fraction of sp³-hybridized carbons (Fsp3) is 0.786. The lowest BCUT2D eigenvalue weighted by atomic mass is 9.96. The van der Waals surface area contributed by atoms with Crippen LogP contribution in [0.3, 0.4) is 0 Å². The van der Waals surface area contributed by atoms with Gasteiger partial charge in [0, 0.05) is 18.5 Å². The van der Waals surface area contributed by atoms with Crippen LogP contribution < -0.4 is 0 Å². The molecule has 2 heterocycles. The molecule has 1 aromatic heterocycles. The van der Waals surface area contributed by atoms with Crippen LogP contribution in [-0.2, 0) is 21.5 Å². The Morgan fingerprint density at radius 1 is 1.33 bits per heavy atom. The number of nitrogens with zero attached hydrogens (tertiary/aromatic N) is 4. The molecule has 7 nitrogen and oxygen atoms in total. The Kier molecular flexibility index (Phi) is 4.95. The number of carbonyl (C=O) groups is 1. The van der Waals surface area contributed by atoms with Crippen molar-refractivity contribution in [2.24, 2.45) is 0 Å². The molecule has 0 aromatic carbocycles. The number of amides is 1. The van der Waals surface area contributed by atoms with Gasteiger partial charge in [0.1, 0.15) is 0 Å². The Labute approximate surface area is 125 Å². The monoisotopic (exact) mass is 296 g/mol. The van der Waals surface area contributed by atoms with E-state index in [0.29, 0.717) is 51.1 Å². The van der Waals surface area contributed by atoms with Gasteiger partial charge in [0.15, 0.2) is 5.82 Å². The summed E-state index contributed by atoms with van der Waals surface area (Å²) in [6.07, 6.45) is 0. The maximum Gasteiger partial charge on any atom is 0.240 e. The summed E-state index contributed by atoms with van der Waals surface area (Å²) >= 11 is 0. The molecule has 1 aliphatic heterocycles. The standard InChI is InChI=1S/C14H24N4O3/c1-14(2,3)13-15-11(21-16-13)9-17(4)10-12(19)18-5-7-20-8-6-18/h5-10H2,1-4H3. The maximum atomic E-state index is 12.1. The topological polar surface area (TPSA) is 71.7 Å². The van der Waals surface area contributed by atoms with Crippen molar-refractivity contribution in [3.8, 4) is 0 Å². The highest BCUT2D eigenvalue weighted by molar-refractivity contribution is 5.78. The third kappa shape index (κ3) is 4.50. The molecule has 0 radical (unpaired) electrons. The molecule has 1 amide bonds. The third-order valence-corrected chi connectivity index (χ3v) is 3.31. The summed E-state index contributed by atoms with van der Waals surface area (Å²) in [6.45, 7) is 9.49. The first kappa shape index (κ1) is 15.9. The number of likely N-dealkylation sites (N-methyl/N-ethyl adjacent to an activating group) is 1. The lowest BCUT2D eigenvalue weighted by molar-refractivity contribution is -0.136. The van der Waals surface area contributed by atoms with E-state index in [4.69, 9.17) is 9.26 Å². The second-order valence-corrected chi connectivity index (χ2v) is 6.43. The van der Waals surface area contributed by atoms with Gasteiger partial charge in [0.05, 0.1) is 26.3 Å². The van der Waals surface area contributed by atoms with Gasteiger partial charge in [-0.1, -0.05) is 25.9 Å². The molecule has 0 unspecified atom stereocenters. The summed E-state index contributed by atoms with van der Waals surface area (Å²) in [5, 5.41) is 3.98. The molecule has 7 heteroatoms. The molecule has 0 bridgehead atoms. The van der Waals surface area contributed by atoms with Crippen molar-refractivity contribution in [1.29, 1.82) is 0 Å². The molecule has 0 aliphatic carbocycles. The number of carbonyl (C=O) groups excluding carboxylic acids is 1. The van der Waals surface area contributed by atoms with E-state index in [9.17, 15) is 4.79 Å². The first-order valence-electron chi connectivity index (χ1n) is 7.23. The predicted molar refractivity (Wildman–Crippen MR) is 76.7 cm³/mol. The number of ether oxygens (including phenoxy) is 1. The van der Waals surface area contributed by atoms with E-state index in [0.717, 1.165) is 0 Å². The summed E-state index contributed by atoms with van der Waals surface area (Å²) in [4.78, 5) is 20.2. The van der Waals surface area contributed by atoms with Crippen LogP contribution >= 0.6 is 0 Å². The smallest absolute Gasteiger partial charge is 0.240 e. The van der Waals surface area contributed by atoms with Gasteiger partial charge in [-0.25, -0.2) is 0 Å². The van der Waals surface area contributed by atoms with Crippen molar-refractivity contribution in [3.05, 3.63) is 11.7 Å². The van der Waals surface area contributed by atoms with E-state index in [1.54, 1.807) is 0 Å². The minimum Gasteiger partial charge on any atom is -0.378 e. The van der Waals surface area contributed by atoms with Gasteiger partial charge in [-0.2, -0.15) is 4.98 Å². The van der Waals surface area contributed by atoms with E-state index in [1.807, 2.05) is 37.6 Å². The zero-order valence-corrected chi connectivity index (χ0v) is 13.3. The van der Waals surface area contributed by atoms with Gasteiger partial charge in [-0.3, -0.25) is 9.69 Å². The fourth-order valence-electron chi connectivity index (χ4n) is 2.05. The van der Waals surface area contributed by atoms with Crippen LogP contribution in [0.15, 0.2) is 4.52 Å². The molecule has 0 saturated carbocycles. The summed E-state index contributed by atoms with van der Waals surface area (Å²) in [5.41, 5.74) is -0.135. The van der Waals surface area contributed by atoms with E-state index in [1.165, 1.54) is 0 Å². The zero-order valence-electron chi connectivity index (χ0n) is 13.3. The maximum absolute atomic E-state index is 12.1. The van der Waals surface area contributed by atoms with Gasteiger partial charge < -0.3 is 14.2 Å². The highest BCUT2D eigenvalue weighted by Gasteiger charge is 2.22. The van der Waals surface area contributed by atoms with Crippen molar-refractivity contribution in [1.82, 2.24) is 19.9 Å². The summed E-state index contributed by atoms with van der Waals surface area (Å²) in [5.74, 6) is 1.33. The van der Waals surface area contributed by atoms with Crippen LogP contribution in [0.5, 0.6) is 0 Å². The van der Waals surface area contributed by atoms with E-state index in [-0.39, 0.29) is 11.3 Å². The van der Waals surface area contributed by atoms with Crippen molar-refractivity contribution < 1.29 is 14.1 Å². The average molecular weight is 296 g/mol. The zero-order chi connectivity index (χ0) is 15.5. The van der Waals surface area contributed by atoms with Crippen LogP contribution in [-0.4, -0.2) is 65.7 Å². The summed E-state index contributed by atoms with van der Waals surface area (Å²) < 4.78 is 10.5. The summed E-state index contributed by atoms with van der Waals surface area (Å²) in [7, 11) is 1.87. The number of aromatic nitrogens is 2. The first-order chi connectivity index (χ1) is 9.86. The fourth-order valence-corrected chi connectivity index (χ4v) is 2.05. The molecule has 0 N–H and O–H groups in total. The quantitative estimate of drug-likeness (QED) is 0.813. The highest BCUT2D eigenvalue weighted by atomic mass is 16.5. The van der Waals surface area contributed by atoms with Gasteiger partial charge in [0.25, 0.3) is 0 Å². The van der Waals surface area contributed by atoms with Gasteiger partial charge in [0.2, 0.25) is 11.8 Å². The molecule has 1 aromatic rings. The number of hydrogen-bond acceptors (Lipinski definition) is 6. The second kappa shape index (κ2) is 6.53. The molecule has 118 valence electrons. The third-order valence-electron chi connectivity index (χ3n) is 3.31.